The summed E-state index contributed by atoms with van der Waals surface area (Å²) in [6, 6.07) is 6.64. The van der Waals surface area contributed by atoms with Crippen LogP contribution in [-0.2, 0) is 4.74 Å². The maximum atomic E-state index is 11.0. The summed E-state index contributed by atoms with van der Waals surface area (Å²) in [5.74, 6) is -0.0815. The number of ether oxygens (including phenoxy) is 1. The summed E-state index contributed by atoms with van der Waals surface area (Å²) in [6.07, 6.45) is -0.617. The predicted octanol–water partition coefficient (Wildman–Crippen LogP) is 0.959. The Morgan fingerprint density at radius 2 is 2.20 bits per heavy atom. The van der Waals surface area contributed by atoms with Gasteiger partial charge in [0.1, 0.15) is 0 Å². The first kappa shape index (κ1) is 10.8. The first-order valence-corrected chi connectivity index (χ1v) is 4.11. The Bertz CT molecular complexity index is 390. The topological polar surface area (TPSA) is 96.9 Å². The third-order valence-corrected chi connectivity index (χ3v) is 1.73. The summed E-state index contributed by atoms with van der Waals surface area (Å²) in [7, 11) is 1.25. The minimum atomic E-state index is -0.617. The maximum absolute atomic E-state index is 11.0. The van der Waals surface area contributed by atoms with Crippen molar-refractivity contribution >= 4 is 17.6 Å². The zero-order chi connectivity index (χ0) is 11.3. The van der Waals surface area contributed by atoms with E-state index in [9.17, 15) is 4.79 Å². The van der Waals surface area contributed by atoms with Crippen LogP contribution in [0.25, 0.3) is 0 Å². The number of oxime groups is 1. The van der Waals surface area contributed by atoms with Gasteiger partial charge in [-0.25, -0.2) is 4.79 Å². The SMILES string of the molecule is COC(=O)Nc1ccccc1/C(N)=N/O. The summed E-state index contributed by atoms with van der Waals surface area (Å²) >= 11 is 0. The van der Waals surface area contributed by atoms with Crippen molar-refractivity contribution in [3.05, 3.63) is 29.8 Å². The molecule has 6 nitrogen and oxygen atoms in total. The molecule has 0 saturated carbocycles. The van der Waals surface area contributed by atoms with Gasteiger partial charge in [-0.1, -0.05) is 17.3 Å². The number of hydrogen-bond acceptors (Lipinski definition) is 4. The number of nitrogens with one attached hydrogen (secondary N) is 1. The van der Waals surface area contributed by atoms with Crippen molar-refractivity contribution in [3.63, 3.8) is 0 Å². The number of hydrogen-bond donors (Lipinski definition) is 3. The Morgan fingerprint density at radius 1 is 1.53 bits per heavy atom. The minimum Gasteiger partial charge on any atom is -0.453 e. The van der Waals surface area contributed by atoms with Crippen molar-refractivity contribution in [2.24, 2.45) is 10.9 Å². The molecule has 0 heterocycles. The Labute approximate surface area is 86.3 Å². The van der Waals surface area contributed by atoms with E-state index in [4.69, 9.17) is 10.9 Å². The van der Waals surface area contributed by atoms with E-state index in [0.717, 1.165) is 0 Å². The largest absolute Gasteiger partial charge is 0.453 e. The van der Waals surface area contributed by atoms with E-state index in [1.807, 2.05) is 0 Å². The van der Waals surface area contributed by atoms with Gasteiger partial charge in [0.25, 0.3) is 0 Å². The predicted molar refractivity (Wildman–Crippen MR) is 55.0 cm³/mol. The third-order valence-electron chi connectivity index (χ3n) is 1.73. The van der Waals surface area contributed by atoms with E-state index in [1.165, 1.54) is 7.11 Å². The van der Waals surface area contributed by atoms with Crippen LogP contribution in [0, 0.1) is 0 Å². The summed E-state index contributed by atoms with van der Waals surface area (Å²) in [5, 5.41) is 13.8. The standard InChI is InChI=1S/C9H11N3O3/c1-15-9(13)11-7-5-3-2-4-6(7)8(10)12-14/h2-5,14H,1H3,(H2,10,12)(H,11,13). The minimum absolute atomic E-state index is 0.0815. The molecule has 4 N–H and O–H groups in total. The Balaban J connectivity index is 3.01. The lowest BCUT2D eigenvalue weighted by Gasteiger charge is -2.08. The number of nitrogens with two attached hydrogens (primary N) is 1. The Kier molecular flexibility index (Phi) is 3.50. The van der Waals surface area contributed by atoms with Gasteiger partial charge < -0.3 is 15.7 Å². The van der Waals surface area contributed by atoms with Crippen molar-refractivity contribution in [3.8, 4) is 0 Å². The van der Waals surface area contributed by atoms with Gasteiger partial charge in [0.2, 0.25) is 0 Å². The van der Waals surface area contributed by atoms with Crippen LogP contribution in [0.4, 0.5) is 10.5 Å². The molecule has 0 radical (unpaired) electrons. The number of anilines is 1. The lowest BCUT2D eigenvalue weighted by atomic mass is 10.1. The van der Waals surface area contributed by atoms with Crippen LogP contribution in [0.15, 0.2) is 29.4 Å². The van der Waals surface area contributed by atoms with E-state index in [0.29, 0.717) is 11.3 Å². The van der Waals surface area contributed by atoms with Crippen LogP contribution >= 0.6 is 0 Å². The molecule has 1 aromatic rings. The Hall–Kier alpha value is -2.24. The number of nitrogens with zero attached hydrogens (tertiary/aromatic N) is 1. The van der Waals surface area contributed by atoms with Gasteiger partial charge in [-0.2, -0.15) is 0 Å². The molecular weight excluding hydrogens is 198 g/mol. The quantitative estimate of drug-likeness (QED) is 0.292. The lowest BCUT2D eigenvalue weighted by molar-refractivity contribution is 0.187. The molecule has 0 atom stereocenters. The number of benzene rings is 1. The second-order valence-corrected chi connectivity index (χ2v) is 2.65. The second-order valence-electron chi connectivity index (χ2n) is 2.65. The zero-order valence-corrected chi connectivity index (χ0v) is 8.10. The van der Waals surface area contributed by atoms with Crippen molar-refractivity contribution < 1.29 is 14.7 Å². The lowest BCUT2D eigenvalue weighted by Crippen LogP contribution is -2.18. The fourth-order valence-corrected chi connectivity index (χ4v) is 1.03. The van der Waals surface area contributed by atoms with E-state index in [-0.39, 0.29) is 5.84 Å². The van der Waals surface area contributed by atoms with E-state index in [2.05, 4.69) is 15.2 Å². The molecule has 0 aliphatic heterocycles. The molecule has 0 aromatic heterocycles. The smallest absolute Gasteiger partial charge is 0.411 e. The highest BCUT2D eigenvalue weighted by molar-refractivity contribution is 6.04. The molecule has 1 aromatic carbocycles. The maximum Gasteiger partial charge on any atom is 0.411 e. The van der Waals surface area contributed by atoms with Gasteiger partial charge >= 0.3 is 6.09 Å². The number of rotatable bonds is 2. The number of carbonyl (C=O) groups excluding carboxylic acids is 1. The van der Waals surface area contributed by atoms with Crippen LogP contribution in [0.1, 0.15) is 5.56 Å². The number of para-hydroxylation sites is 1. The average molecular weight is 209 g/mol. The molecule has 1 rings (SSSR count). The van der Waals surface area contributed by atoms with Crippen LogP contribution in [0.5, 0.6) is 0 Å². The van der Waals surface area contributed by atoms with Crippen LogP contribution in [0.3, 0.4) is 0 Å². The molecule has 0 aliphatic carbocycles. The first-order valence-electron chi connectivity index (χ1n) is 4.11. The van der Waals surface area contributed by atoms with Crippen molar-refractivity contribution in [2.75, 3.05) is 12.4 Å². The fourth-order valence-electron chi connectivity index (χ4n) is 1.03. The van der Waals surface area contributed by atoms with Crippen LogP contribution in [0.2, 0.25) is 0 Å². The zero-order valence-electron chi connectivity index (χ0n) is 8.10. The monoisotopic (exact) mass is 209 g/mol. The van der Waals surface area contributed by atoms with Gasteiger partial charge in [-0.15, -0.1) is 0 Å². The highest BCUT2D eigenvalue weighted by Crippen LogP contribution is 2.14. The van der Waals surface area contributed by atoms with E-state index >= 15 is 0 Å². The highest BCUT2D eigenvalue weighted by Gasteiger charge is 2.08. The number of amides is 1. The Morgan fingerprint density at radius 3 is 2.80 bits per heavy atom. The van der Waals surface area contributed by atoms with Gasteiger partial charge in [0, 0.05) is 5.56 Å². The van der Waals surface area contributed by atoms with Gasteiger partial charge in [-0.3, -0.25) is 5.32 Å². The summed E-state index contributed by atoms with van der Waals surface area (Å²) in [6.45, 7) is 0. The molecule has 6 heteroatoms. The van der Waals surface area contributed by atoms with E-state index < -0.39 is 6.09 Å². The number of amidine groups is 1. The fraction of sp³-hybridized carbons (Fsp3) is 0.111. The molecule has 80 valence electrons. The number of methoxy groups -OCH3 is 1. The van der Waals surface area contributed by atoms with Crippen LogP contribution in [-0.4, -0.2) is 24.2 Å². The van der Waals surface area contributed by atoms with Gasteiger partial charge in [0.15, 0.2) is 5.84 Å². The normalized spacial score (nSPS) is 10.9. The first-order chi connectivity index (χ1) is 7.19. The van der Waals surface area contributed by atoms with Gasteiger partial charge in [0.05, 0.1) is 12.8 Å². The summed E-state index contributed by atoms with van der Waals surface area (Å²) in [4.78, 5) is 11.0. The molecule has 0 saturated heterocycles. The van der Waals surface area contributed by atoms with Crippen LogP contribution < -0.4 is 11.1 Å². The third kappa shape index (κ3) is 2.60. The second kappa shape index (κ2) is 4.85. The molecule has 0 bridgehead atoms. The van der Waals surface area contributed by atoms with Crippen molar-refractivity contribution in [2.45, 2.75) is 0 Å². The van der Waals surface area contributed by atoms with Gasteiger partial charge in [-0.05, 0) is 12.1 Å². The molecule has 1 amide bonds. The summed E-state index contributed by atoms with van der Waals surface area (Å²) < 4.78 is 4.43. The van der Waals surface area contributed by atoms with Crippen molar-refractivity contribution in [1.82, 2.24) is 0 Å². The van der Waals surface area contributed by atoms with Crippen molar-refractivity contribution in [1.29, 1.82) is 0 Å². The van der Waals surface area contributed by atoms with E-state index in [1.54, 1.807) is 24.3 Å². The molecule has 0 unspecified atom stereocenters. The molecular formula is C9H11N3O3. The molecule has 0 aliphatic rings. The molecule has 0 spiro atoms. The average Bonchev–Trinajstić information content (AvgIpc) is 2.28. The highest BCUT2D eigenvalue weighted by atomic mass is 16.5. The molecule has 0 fully saturated rings. The number of carbonyl (C=O) groups is 1. The summed E-state index contributed by atoms with van der Waals surface area (Å²) in [5.41, 5.74) is 6.26. The molecule has 15 heavy (non-hydrogen) atoms.